The lowest BCUT2D eigenvalue weighted by atomic mass is 10.0. The number of aliphatic hydroxyl groups is 1. The third-order valence-corrected chi connectivity index (χ3v) is 19.7. The van der Waals surface area contributed by atoms with Crippen LogP contribution in [-0.2, 0) is 65.4 Å². The highest BCUT2D eigenvalue weighted by Gasteiger charge is 2.30. The Kier molecular flexibility index (Phi) is 67.7. The van der Waals surface area contributed by atoms with Gasteiger partial charge in [-0.15, -0.1) is 0 Å². The van der Waals surface area contributed by atoms with E-state index in [1.54, 1.807) is 0 Å². The lowest BCUT2D eigenvalue weighted by Gasteiger charge is -2.21. The molecule has 2 unspecified atom stereocenters. The van der Waals surface area contributed by atoms with Gasteiger partial charge < -0.3 is 33.8 Å². The Morgan fingerprint density at radius 1 is 0.284 bits per heavy atom. The fourth-order valence-corrected chi connectivity index (χ4v) is 13.3. The lowest BCUT2D eigenvalue weighted by molar-refractivity contribution is -0.161. The van der Waals surface area contributed by atoms with Gasteiger partial charge in [0.1, 0.15) is 19.3 Å². The normalized spacial score (nSPS) is 13.9. The predicted octanol–water partition coefficient (Wildman–Crippen LogP) is 22.5. The van der Waals surface area contributed by atoms with E-state index in [-0.39, 0.29) is 25.7 Å². The molecule has 0 fully saturated rings. The Labute approximate surface area is 581 Å². The van der Waals surface area contributed by atoms with E-state index in [1.807, 2.05) is 0 Å². The predicted molar refractivity (Wildman–Crippen MR) is 386 cm³/mol. The second-order valence-electron chi connectivity index (χ2n) is 27.9. The van der Waals surface area contributed by atoms with Gasteiger partial charge in [-0.25, -0.2) is 9.13 Å². The molecule has 0 saturated heterocycles. The topological polar surface area (TPSA) is 237 Å². The van der Waals surface area contributed by atoms with Crippen LogP contribution in [-0.4, -0.2) is 96.7 Å². The number of unbranched alkanes of at least 4 members (excludes halogenated alkanes) is 48. The quantitative estimate of drug-likeness (QED) is 0.0222. The number of carbonyl (C=O) groups is 4. The first-order valence-corrected chi connectivity index (χ1v) is 42.6. The second-order valence-corrected chi connectivity index (χ2v) is 30.8. The molecule has 0 aromatic heterocycles. The summed E-state index contributed by atoms with van der Waals surface area (Å²) in [7, 11) is -9.91. The Balaban J connectivity index is 5.22. The minimum Gasteiger partial charge on any atom is -0.462 e. The second kappa shape index (κ2) is 69.2. The lowest BCUT2D eigenvalue weighted by Crippen LogP contribution is -2.30. The zero-order valence-electron chi connectivity index (χ0n) is 61.8. The molecule has 0 spiro atoms. The van der Waals surface area contributed by atoms with Crippen LogP contribution in [0.4, 0.5) is 0 Å². The van der Waals surface area contributed by atoms with Gasteiger partial charge in [0.05, 0.1) is 26.4 Å². The molecule has 564 valence electrons. The van der Waals surface area contributed by atoms with Crippen molar-refractivity contribution >= 4 is 39.5 Å². The maximum absolute atomic E-state index is 13.1. The molecule has 0 aliphatic carbocycles. The van der Waals surface area contributed by atoms with Crippen molar-refractivity contribution in [3.05, 3.63) is 0 Å². The molecule has 0 radical (unpaired) electrons. The van der Waals surface area contributed by atoms with Gasteiger partial charge in [0, 0.05) is 25.7 Å². The zero-order chi connectivity index (χ0) is 69.8. The van der Waals surface area contributed by atoms with Crippen molar-refractivity contribution in [1.82, 2.24) is 0 Å². The van der Waals surface area contributed by atoms with Crippen molar-refractivity contribution < 1.29 is 80.2 Å². The minimum absolute atomic E-state index is 0.107. The van der Waals surface area contributed by atoms with Crippen molar-refractivity contribution in [3.8, 4) is 0 Å². The molecule has 0 rings (SSSR count). The summed E-state index contributed by atoms with van der Waals surface area (Å²) < 4.78 is 68.5. The van der Waals surface area contributed by atoms with Crippen LogP contribution in [0.2, 0.25) is 0 Å². The monoisotopic (exact) mass is 1400 g/mol. The zero-order valence-corrected chi connectivity index (χ0v) is 63.6. The largest absolute Gasteiger partial charge is 0.472 e. The van der Waals surface area contributed by atoms with E-state index in [1.165, 1.54) is 218 Å². The molecule has 0 aliphatic rings. The van der Waals surface area contributed by atoms with E-state index in [2.05, 4.69) is 34.6 Å². The van der Waals surface area contributed by atoms with Gasteiger partial charge in [0.25, 0.3) is 0 Å². The average molecular weight is 1400 g/mol. The van der Waals surface area contributed by atoms with Crippen LogP contribution >= 0.6 is 15.6 Å². The van der Waals surface area contributed by atoms with Gasteiger partial charge in [-0.2, -0.15) is 0 Å². The van der Waals surface area contributed by atoms with Crippen LogP contribution in [0.15, 0.2) is 0 Å². The van der Waals surface area contributed by atoms with Gasteiger partial charge in [0.15, 0.2) is 12.2 Å². The number of rotatable bonds is 76. The van der Waals surface area contributed by atoms with Crippen molar-refractivity contribution in [1.29, 1.82) is 0 Å². The van der Waals surface area contributed by atoms with E-state index in [0.29, 0.717) is 31.6 Å². The van der Waals surface area contributed by atoms with Gasteiger partial charge in [-0.1, -0.05) is 349 Å². The summed E-state index contributed by atoms with van der Waals surface area (Å²) in [5, 5.41) is 10.6. The average Bonchev–Trinajstić information content (AvgIpc) is 1.51. The summed E-state index contributed by atoms with van der Waals surface area (Å²) in [6.45, 7) is 7.24. The first kappa shape index (κ1) is 93.1. The minimum atomic E-state index is -4.96. The van der Waals surface area contributed by atoms with E-state index in [0.717, 1.165) is 96.3 Å². The fraction of sp³-hybridized carbons (Fsp3) is 0.947. The molecule has 5 atom stereocenters. The van der Waals surface area contributed by atoms with Gasteiger partial charge in [-0.05, 0) is 31.6 Å². The van der Waals surface area contributed by atoms with Crippen molar-refractivity contribution in [2.24, 2.45) is 5.92 Å². The summed E-state index contributed by atoms with van der Waals surface area (Å²) in [6, 6.07) is 0. The third-order valence-electron chi connectivity index (χ3n) is 17.8. The van der Waals surface area contributed by atoms with Gasteiger partial charge in [0.2, 0.25) is 0 Å². The highest BCUT2D eigenvalue weighted by Crippen LogP contribution is 2.45. The number of hydrogen-bond donors (Lipinski definition) is 3. The molecule has 0 aromatic carbocycles. The number of aliphatic hydroxyl groups excluding tert-OH is 1. The molecule has 0 amide bonds. The number of ether oxygens (including phenoxy) is 4. The Hall–Kier alpha value is -1.94. The van der Waals surface area contributed by atoms with E-state index in [4.69, 9.17) is 37.0 Å². The molecule has 0 saturated carbocycles. The number of esters is 4. The standard InChI is InChI=1S/C76H148O17P2/c1-6-9-12-15-18-21-24-26-28-29-30-31-33-35-38-41-46-52-57-62-76(81)92-71(65-86-73(78)59-54-49-44-39-37-34-32-27-25-22-19-16-13-10-7-2)67-90-94(82,83)88-63-70(77)64-89-95(84,85)91-68-72(66-87-74(79)60-55-50-47-42-43-48-53-58-69(4)5)93-75(80)61-56-51-45-40-36-23-20-17-14-11-8-3/h69-72,77H,6-68H2,1-5H3,(H,82,83)(H,84,85)/t70-,71-,72-/m1/s1. The smallest absolute Gasteiger partial charge is 0.462 e. The fourth-order valence-electron chi connectivity index (χ4n) is 11.7. The Bertz CT molecular complexity index is 1820. The van der Waals surface area contributed by atoms with Crippen LogP contribution < -0.4 is 0 Å². The first-order valence-electron chi connectivity index (χ1n) is 39.6. The van der Waals surface area contributed by atoms with Crippen LogP contribution in [0.5, 0.6) is 0 Å². The third kappa shape index (κ3) is 70.3. The maximum Gasteiger partial charge on any atom is 0.472 e. The molecule has 0 aromatic rings. The molecule has 17 nitrogen and oxygen atoms in total. The summed E-state index contributed by atoms with van der Waals surface area (Å²) in [6.07, 6.45) is 58.3. The molecule has 3 N–H and O–H groups in total. The van der Waals surface area contributed by atoms with Gasteiger partial charge >= 0.3 is 39.5 Å². The Morgan fingerprint density at radius 2 is 0.484 bits per heavy atom. The molecule has 0 heterocycles. The summed E-state index contributed by atoms with van der Waals surface area (Å²) in [5.41, 5.74) is 0. The van der Waals surface area contributed by atoms with Crippen LogP contribution in [0.1, 0.15) is 401 Å². The van der Waals surface area contributed by atoms with E-state index in [9.17, 15) is 43.2 Å². The van der Waals surface area contributed by atoms with Crippen molar-refractivity contribution in [2.45, 2.75) is 419 Å². The Morgan fingerprint density at radius 3 is 0.716 bits per heavy atom. The number of carbonyl (C=O) groups excluding carboxylic acids is 4. The first-order chi connectivity index (χ1) is 46.0. The van der Waals surface area contributed by atoms with Gasteiger partial charge in [-0.3, -0.25) is 37.3 Å². The molecule has 0 aliphatic heterocycles. The highest BCUT2D eigenvalue weighted by molar-refractivity contribution is 7.47. The van der Waals surface area contributed by atoms with Crippen LogP contribution in [0, 0.1) is 5.92 Å². The molecule has 19 heteroatoms. The van der Waals surface area contributed by atoms with E-state index < -0.39 is 97.5 Å². The number of phosphoric ester groups is 2. The summed E-state index contributed by atoms with van der Waals surface area (Å²) in [5.74, 6) is -1.41. The number of hydrogen-bond acceptors (Lipinski definition) is 15. The highest BCUT2D eigenvalue weighted by atomic mass is 31.2. The van der Waals surface area contributed by atoms with Crippen molar-refractivity contribution in [3.63, 3.8) is 0 Å². The molecule has 95 heavy (non-hydrogen) atoms. The molecule has 0 bridgehead atoms. The van der Waals surface area contributed by atoms with Crippen molar-refractivity contribution in [2.75, 3.05) is 39.6 Å². The molecular formula is C76H148O17P2. The number of phosphoric acid groups is 2. The van der Waals surface area contributed by atoms with E-state index >= 15 is 0 Å². The van der Waals surface area contributed by atoms with Crippen LogP contribution in [0.3, 0.4) is 0 Å². The SMILES string of the molecule is CCCCCCCCCCCCCCCCCCCCCC(=O)O[C@H](COC(=O)CCCCCCCCCCCCCCCCC)COP(=O)(O)OC[C@@H](O)COP(=O)(O)OC[C@@H](COC(=O)CCCCCCCCCC(C)C)OC(=O)CCCCCCCCCCCCC. The summed E-state index contributed by atoms with van der Waals surface area (Å²) >= 11 is 0. The maximum atomic E-state index is 13.1. The summed E-state index contributed by atoms with van der Waals surface area (Å²) in [4.78, 5) is 72.8. The molecular weight excluding hydrogens is 1250 g/mol. The van der Waals surface area contributed by atoms with Crippen LogP contribution in [0.25, 0.3) is 0 Å².